The maximum absolute atomic E-state index is 4.93. The predicted molar refractivity (Wildman–Crippen MR) is 122 cm³/mol. The smallest absolute Gasteiger partial charge is 0.0561 e. The number of hydrogen-bond donors (Lipinski definition) is 2. The van der Waals surface area contributed by atoms with Crippen molar-refractivity contribution in [3.8, 4) is 0 Å². The van der Waals surface area contributed by atoms with Crippen LogP contribution in [0.4, 0.5) is 5.69 Å². The second-order valence-corrected chi connectivity index (χ2v) is 8.07. The molecule has 0 saturated carbocycles. The van der Waals surface area contributed by atoms with Gasteiger partial charge in [-0.3, -0.25) is 5.43 Å². The summed E-state index contributed by atoms with van der Waals surface area (Å²) in [7, 11) is 0. The Morgan fingerprint density at radius 1 is 0.793 bits per heavy atom. The van der Waals surface area contributed by atoms with Crippen molar-refractivity contribution in [2.24, 2.45) is 16.9 Å². The van der Waals surface area contributed by atoms with Crippen LogP contribution in [0, 0.1) is 11.8 Å². The Bertz CT molecular complexity index is 920. The third-order valence-corrected chi connectivity index (χ3v) is 5.72. The average Bonchev–Trinajstić information content (AvgIpc) is 2.79. The molecule has 3 heteroatoms. The summed E-state index contributed by atoms with van der Waals surface area (Å²) in [6.07, 6.45) is 0.899. The molecule has 1 saturated heterocycles. The number of anilines is 1. The van der Waals surface area contributed by atoms with Crippen molar-refractivity contribution in [1.29, 1.82) is 0 Å². The summed E-state index contributed by atoms with van der Waals surface area (Å²) in [5.74, 6) is 0.800. The zero-order chi connectivity index (χ0) is 20.1. The minimum Gasteiger partial charge on any atom is -0.302 e. The van der Waals surface area contributed by atoms with Crippen LogP contribution < -0.4 is 10.7 Å². The highest BCUT2D eigenvalue weighted by atomic mass is 15.3. The number of hydrazone groups is 1. The molecule has 3 nitrogen and oxygen atoms in total. The van der Waals surface area contributed by atoms with Crippen LogP contribution in [0.1, 0.15) is 43.5 Å². The normalized spacial score (nSPS) is 23.3. The fourth-order valence-corrected chi connectivity index (χ4v) is 4.32. The number of piperidine rings is 1. The molecule has 3 aromatic carbocycles. The molecule has 29 heavy (non-hydrogen) atoms. The number of nitrogens with zero attached hydrogens (tertiary/aromatic N) is 1. The van der Waals surface area contributed by atoms with Gasteiger partial charge in [0.15, 0.2) is 0 Å². The summed E-state index contributed by atoms with van der Waals surface area (Å²) in [6, 6.07) is 32.2. The number of hydrogen-bond acceptors (Lipinski definition) is 3. The van der Waals surface area contributed by atoms with Crippen molar-refractivity contribution >= 4 is 11.4 Å². The lowest BCUT2D eigenvalue weighted by atomic mass is 9.75. The third kappa shape index (κ3) is 4.57. The maximum atomic E-state index is 4.93. The lowest BCUT2D eigenvalue weighted by Crippen LogP contribution is -2.44. The van der Waals surface area contributed by atoms with E-state index in [9.17, 15) is 0 Å². The lowest BCUT2D eigenvalue weighted by molar-refractivity contribution is 0.295. The SMILES string of the molecule is CC(C)C1/C(=N/Nc2ccccc2)CC(c2ccccc2)NC1c1ccccc1. The molecule has 3 unspecified atom stereocenters. The molecular formula is C26H29N3. The molecule has 0 radical (unpaired) electrons. The van der Waals surface area contributed by atoms with Crippen LogP contribution in [0.3, 0.4) is 0 Å². The zero-order valence-corrected chi connectivity index (χ0v) is 17.1. The summed E-state index contributed by atoms with van der Waals surface area (Å²) in [5, 5.41) is 8.87. The van der Waals surface area contributed by atoms with Crippen LogP contribution in [-0.2, 0) is 0 Å². The van der Waals surface area contributed by atoms with Crippen LogP contribution in [-0.4, -0.2) is 5.71 Å². The van der Waals surface area contributed by atoms with Gasteiger partial charge in [-0.2, -0.15) is 5.10 Å². The molecule has 4 rings (SSSR count). The first-order chi connectivity index (χ1) is 14.2. The first kappa shape index (κ1) is 19.4. The summed E-state index contributed by atoms with van der Waals surface area (Å²) >= 11 is 0. The summed E-state index contributed by atoms with van der Waals surface area (Å²) in [4.78, 5) is 0. The van der Waals surface area contributed by atoms with Gasteiger partial charge in [-0.1, -0.05) is 92.7 Å². The summed E-state index contributed by atoms with van der Waals surface area (Å²) in [5.41, 5.74) is 8.18. The van der Waals surface area contributed by atoms with Crippen LogP contribution >= 0.6 is 0 Å². The highest BCUT2D eigenvalue weighted by molar-refractivity contribution is 5.90. The molecule has 0 bridgehead atoms. The van der Waals surface area contributed by atoms with E-state index >= 15 is 0 Å². The van der Waals surface area contributed by atoms with Gasteiger partial charge in [0.1, 0.15) is 0 Å². The molecule has 2 N–H and O–H groups in total. The number of para-hydroxylation sites is 1. The quantitative estimate of drug-likeness (QED) is 0.514. The molecular weight excluding hydrogens is 354 g/mol. The van der Waals surface area contributed by atoms with E-state index in [1.807, 2.05) is 18.2 Å². The van der Waals surface area contributed by atoms with Crippen molar-refractivity contribution in [3.05, 3.63) is 102 Å². The van der Waals surface area contributed by atoms with Crippen molar-refractivity contribution in [2.45, 2.75) is 32.4 Å². The predicted octanol–water partition coefficient (Wildman–Crippen LogP) is 6.20. The van der Waals surface area contributed by atoms with Gasteiger partial charge in [-0.05, 0) is 29.2 Å². The van der Waals surface area contributed by atoms with Gasteiger partial charge in [0, 0.05) is 30.1 Å². The van der Waals surface area contributed by atoms with Crippen LogP contribution in [0.15, 0.2) is 96.1 Å². The lowest BCUT2D eigenvalue weighted by Gasteiger charge is -2.41. The van der Waals surface area contributed by atoms with E-state index in [4.69, 9.17) is 5.10 Å². The van der Waals surface area contributed by atoms with Gasteiger partial charge >= 0.3 is 0 Å². The highest BCUT2D eigenvalue weighted by Crippen LogP contribution is 2.39. The fraction of sp³-hybridized carbons (Fsp3) is 0.269. The number of nitrogens with one attached hydrogen (secondary N) is 2. The molecule has 1 fully saturated rings. The summed E-state index contributed by atoms with van der Waals surface area (Å²) in [6.45, 7) is 4.59. The Balaban J connectivity index is 1.71. The minimum atomic E-state index is 0.228. The molecule has 1 aliphatic rings. The van der Waals surface area contributed by atoms with Crippen molar-refractivity contribution < 1.29 is 0 Å². The first-order valence-electron chi connectivity index (χ1n) is 10.5. The van der Waals surface area contributed by atoms with Crippen LogP contribution in [0.2, 0.25) is 0 Å². The molecule has 3 aromatic rings. The van der Waals surface area contributed by atoms with E-state index in [0.29, 0.717) is 11.8 Å². The van der Waals surface area contributed by atoms with E-state index in [0.717, 1.165) is 12.1 Å². The zero-order valence-electron chi connectivity index (χ0n) is 17.1. The van der Waals surface area contributed by atoms with Gasteiger partial charge in [-0.25, -0.2) is 0 Å². The van der Waals surface area contributed by atoms with Gasteiger partial charge in [0.25, 0.3) is 0 Å². The molecule has 0 aromatic heterocycles. The fourth-order valence-electron chi connectivity index (χ4n) is 4.32. The minimum absolute atomic E-state index is 0.228. The Morgan fingerprint density at radius 2 is 1.34 bits per heavy atom. The molecule has 1 heterocycles. The molecule has 0 amide bonds. The second kappa shape index (κ2) is 9.06. The van der Waals surface area contributed by atoms with Gasteiger partial charge in [0.2, 0.25) is 0 Å². The van der Waals surface area contributed by atoms with Crippen molar-refractivity contribution in [1.82, 2.24) is 5.32 Å². The van der Waals surface area contributed by atoms with Crippen LogP contribution in [0.25, 0.3) is 0 Å². The maximum Gasteiger partial charge on any atom is 0.0561 e. The first-order valence-corrected chi connectivity index (χ1v) is 10.5. The van der Waals surface area contributed by atoms with E-state index in [1.165, 1.54) is 16.8 Å². The number of rotatable bonds is 5. The Hall–Kier alpha value is -2.91. The second-order valence-electron chi connectivity index (χ2n) is 8.07. The number of benzene rings is 3. The standard InChI is InChI=1S/C26H29N3/c1-19(2)25-24(29-28-22-16-10-5-11-17-22)18-23(20-12-6-3-7-13-20)27-26(25)21-14-8-4-9-15-21/h3-17,19,23,25-28H,18H2,1-2H3/b29-24+. The van der Waals surface area contributed by atoms with E-state index in [1.54, 1.807) is 0 Å². The van der Waals surface area contributed by atoms with E-state index in [2.05, 4.69) is 97.4 Å². The topological polar surface area (TPSA) is 36.4 Å². The van der Waals surface area contributed by atoms with Gasteiger partial charge in [0.05, 0.1) is 5.69 Å². The summed E-state index contributed by atoms with van der Waals surface area (Å²) < 4.78 is 0. The molecule has 0 spiro atoms. The molecule has 148 valence electrons. The Morgan fingerprint density at radius 3 is 1.93 bits per heavy atom. The molecule has 0 aliphatic carbocycles. The Labute approximate surface area is 173 Å². The van der Waals surface area contributed by atoms with E-state index in [-0.39, 0.29) is 12.1 Å². The third-order valence-electron chi connectivity index (χ3n) is 5.72. The molecule has 3 atom stereocenters. The van der Waals surface area contributed by atoms with Crippen molar-refractivity contribution in [2.75, 3.05) is 5.43 Å². The van der Waals surface area contributed by atoms with Crippen molar-refractivity contribution in [3.63, 3.8) is 0 Å². The average molecular weight is 384 g/mol. The van der Waals surface area contributed by atoms with E-state index < -0.39 is 0 Å². The van der Waals surface area contributed by atoms with Gasteiger partial charge < -0.3 is 5.32 Å². The van der Waals surface area contributed by atoms with Crippen LogP contribution in [0.5, 0.6) is 0 Å². The highest BCUT2D eigenvalue weighted by Gasteiger charge is 2.38. The largest absolute Gasteiger partial charge is 0.302 e. The monoisotopic (exact) mass is 383 g/mol. The Kier molecular flexibility index (Phi) is 6.06. The van der Waals surface area contributed by atoms with Gasteiger partial charge in [-0.15, -0.1) is 0 Å². The molecule has 1 aliphatic heterocycles.